The van der Waals surface area contributed by atoms with E-state index in [9.17, 15) is 9.59 Å². The molecule has 0 radical (unpaired) electrons. The summed E-state index contributed by atoms with van der Waals surface area (Å²) < 4.78 is 21.1. The Kier molecular flexibility index (Phi) is 5.20. The van der Waals surface area contributed by atoms with Gasteiger partial charge in [0.1, 0.15) is 13.2 Å². The zero-order valence-corrected chi connectivity index (χ0v) is 12.8. The van der Waals surface area contributed by atoms with Gasteiger partial charge in [-0.25, -0.2) is 9.59 Å². The average molecular weight is 328 g/mol. The maximum absolute atomic E-state index is 11.9. The molecular weight excluding hydrogens is 312 g/mol. The van der Waals surface area contributed by atoms with Gasteiger partial charge in [-0.3, -0.25) is 0 Å². The predicted octanol–water partition coefficient (Wildman–Crippen LogP) is 2.40. The molecule has 0 spiro atoms. The van der Waals surface area contributed by atoms with E-state index < -0.39 is 24.5 Å². The highest BCUT2D eigenvalue weighted by Gasteiger charge is 2.28. The second-order valence-corrected chi connectivity index (χ2v) is 5.07. The Morgan fingerprint density at radius 2 is 1.08 bits per heavy atom. The lowest BCUT2D eigenvalue weighted by molar-refractivity contribution is -0.261. The fraction of sp³-hybridized carbons (Fsp3) is 0.222. The maximum atomic E-state index is 11.9. The number of ether oxygens (including phenoxy) is 4. The number of esters is 2. The van der Waals surface area contributed by atoms with E-state index in [1.807, 2.05) is 12.1 Å². The zero-order chi connectivity index (χ0) is 16.8. The topological polar surface area (TPSA) is 71.1 Å². The van der Waals surface area contributed by atoms with Gasteiger partial charge in [0.15, 0.2) is 0 Å². The quantitative estimate of drug-likeness (QED) is 0.803. The second-order valence-electron chi connectivity index (χ2n) is 5.07. The van der Waals surface area contributed by atoms with E-state index in [1.165, 1.54) is 0 Å². The Balaban J connectivity index is 1.46. The van der Waals surface area contributed by atoms with Crippen LogP contribution in [0.4, 0.5) is 0 Å². The summed E-state index contributed by atoms with van der Waals surface area (Å²) in [6, 6.07) is 17.2. The van der Waals surface area contributed by atoms with Gasteiger partial charge >= 0.3 is 11.9 Å². The first-order valence-electron chi connectivity index (χ1n) is 7.47. The smallest absolute Gasteiger partial charge is 0.340 e. The molecule has 2 aromatic rings. The Hall–Kier alpha value is -2.70. The minimum atomic E-state index is -0.829. The molecule has 2 unspecified atom stereocenters. The number of benzene rings is 2. The molecule has 1 saturated heterocycles. The Morgan fingerprint density at radius 3 is 1.42 bits per heavy atom. The highest BCUT2D eigenvalue weighted by molar-refractivity contribution is 5.89. The summed E-state index contributed by atoms with van der Waals surface area (Å²) in [7, 11) is 0. The van der Waals surface area contributed by atoms with Crippen LogP contribution in [0.5, 0.6) is 0 Å². The van der Waals surface area contributed by atoms with Crippen LogP contribution in [0.1, 0.15) is 20.7 Å². The third kappa shape index (κ3) is 4.18. The summed E-state index contributed by atoms with van der Waals surface area (Å²) in [5.74, 6) is -0.993. The van der Waals surface area contributed by atoms with Crippen molar-refractivity contribution in [2.45, 2.75) is 12.6 Å². The van der Waals surface area contributed by atoms with Crippen LogP contribution >= 0.6 is 0 Å². The molecule has 0 N–H and O–H groups in total. The molecule has 3 rings (SSSR count). The zero-order valence-electron chi connectivity index (χ0n) is 12.8. The number of rotatable bonds is 4. The molecule has 1 fully saturated rings. The van der Waals surface area contributed by atoms with Gasteiger partial charge in [-0.1, -0.05) is 36.4 Å². The standard InChI is InChI=1S/C18H16O6/c19-17(13-7-3-1-4-8-13)23-15-11-22-16(12-21-15)24-18(20)14-9-5-2-6-10-14/h1-10,15-16H,11-12H2. The molecule has 2 aromatic carbocycles. The third-order valence-electron chi connectivity index (χ3n) is 3.33. The lowest BCUT2D eigenvalue weighted by Gasteiger charge is -2.28. The molecule has 24 heavy (non-hydrogen) atoms. The largest absolute Gasteiger partial charge is 0.430 e. The van der Waals surface area contributed by atoms with Gasteiger partial charge in [-0.15, -0.1) is 0 Å². The number of hydrogen-bond acceptors (Lipinski definition) is 6. The molecule has 1 aliphatic heterocycles. The van der Waals surface area contributed by atoms with Crippen molar-refractivity contribution in [2.75, 3.05) is 13.2 Å². The van der Waals surface area contributed by atoms with Crippen molar-refractivity contribution >= 4 is 11.9 Å². The van der Waals surface area contributed by atoms with Crippen LogP contribution in [0, 0.1) is 0 Å². The van der Waals surface area contributed by atoms with Crippen LogP contribution in [0.2, 0.25) is 0 Å². The molecular formula is C18H16O6. The van der Waals surface area contributed by atoms with Gasteiger partial charge in [0, 0.05) is 0 Å². The van der Waals surface area contributed by atoms with E-state index in [2.05, 4.69) is 0 Å². The highest BCUT2D eigenvalue weighted by Crippen LogP contribution is 2.14. The molecule has 0 aromatic heterocycles. The molecule has 124 valence electrons. The molecule has 6 nitrogen and oxygen atoms in total. The van der Waals surface area contributed by atoms with Gasteiger partial charge in [0.05, 0.1) is 11.1 Å². The minimum absolute atomic E-state index is 0.00862. The van der Waals surface area contributed by atoms with Gasteiger partial charge in [0.25, 0.3) is 0 Å². The van der Waals surface area contributed by atoms with Gasteiger partial charge in [-0.2, -0.15) is 0 Å². The molecule has 0 aliphatic carbocycles. The van der Waals surface area contributed by atoms with Crippen molar-refractivity contribution in [3.05, 3.63) is 71.8 Å². The van der Waals surface area contributed by atoms with E-state index in [1.54, 1.807) is 48.5 Å². The van der Waals surface area contributed by atoms with Crippen LogP contribution in [0.25, 0.3) is 0 Å². The van der Waals surface area contributed by atoms with Crippen molar-refractivity contribution < 1.29 is 28.5 Å². The molecule has 0 saturated carbocycles. The number of carbonyl (C=O) groups excluding carboxylic acids is 2. The lowest BCUT2D eigenvalue weighted by Crippen LogP contribution is -2.40. The van der Waals surface area contributed by atoms with Crippen molar-refractivity contribution in [1.29, 1.82) is 0 Å². The Morgan fingerprint density at radius 1 is 0.708 bits per heavy atom. The number of carbonyl (C=O) groups is 2. The summed E-state index contributed by atoms with van der Waals surface area (Å²) in [5, 5.41) is 0. The summed E-state index contributed by atoms with van der Waals surface area (Å²) in [4.78, 5) is 23.8. The van der Waals surface area contributed by atoms with Crippen LogP contribution in [-0.4, -0.2) is 37.7 Å². The highest BCUT2D eigenvalue weighted by atomic mass is 16.8. The predicted molar refractivity (Wildman–Crippen MR) is 83.2 cm³/mol. The van der Waals surface area contributed by atoms with E-state index >= 15 is 0 Å². The van der Waals surface area contributed by atoms with E-state index in [4.69, 9.17) is 18.9 Å². The maximum Gasteiger partial charge on any atom is 0.340 e. The normalized spacial score (nSPS) is 20.2. The molecule has 0 amide bonds. The lowest BCUT2D eigenvalue weighted by atomic mass is 10.2. The fourth-order valence-corrected chi connectivity index (χ4v) is 2.13. The fourth-order valence-electron chi connectivity index (χ4n) is 2.13. The first-order chi connectivity index (χ1) is 11.7. The summed E-state index contributed by atoms with van der Waals surface area (Å²) in [6.07, 6.45) is -1.66. The molecule has 1 heterocycles. The van der Waals surface area contributed by atoms with Crippen LogP contribution < -0.4 is 0 Å². The number of hydrogen-bond donors (Lipinski definition) is 0. The third-order valence-corrected chi connectivity index (χ3v) is 3.33. The average Bonchev–Trinajstić information content (AvgIpc) is 2.65. The van der Waals surface area contributed by atoms with Crippen molar-refractivity contribution in [3.63, 3.8) is 0 Å². The second kappa shape index (κ2) is 7.72. The molecule has 2 atom stereocenters. The van der Waals surface area contributed by atoms with Crippen LogP contribution in [0.3, 0.4) is 0 Å². The summed E-state index contributed by atoms with van der Waals surface area (Å²) >= 11 is 0. The summed E-state index contributed by atoms with van der Waals surface area (Å²) in [5.41, 5.74) is 0.859. The molecule has 6 heteroatoms. The van der Waals surface area contributed by atoms with Gasteiger partial charge in [-0.05, 0) is 24.3 Å². The Labute approximate surface area is 138 Å². The van der Waals surface area contributed by atoms with E-state index in [0.29, 0.717) is 11.1 Å². The minimum Gasteiger partial charge on any atom is -0.430 e. The van der Waals surface area contributed by atoms with Gasteiger partial charge < -0.3 is 18.9 Å². The van der Waals surface area contributed by atoms with Crippen LogP contribution in [-0.2, 0) is 18.9 Å². The van der Waals surface area contributed by atoms with E-state index in [0.717, 1.165) is 0 Å². The monoisotopic (exact) mass is 328 g/mol. The van der Waals surface area contributed by atoms with Crippen molar-refractivity contribution in [2.24, 2.45) is 0 Å². The molecule has 0 bridgehead atoms. The van der Waals surface area contributed by atoms with E-state index in [-0.39, 0.29) is 13.2 Å². The SMILES string of the molecule is O=C(OC1COC(OC(=O)c2ccccc2)CO1)c1ccccc1. The van der Waals surface area contributed by atoms with Crippen molar-refractivity contribution in [1.82, 2.24) is 0 Å². The molecule has 1 aliphatic rings. The Bertz CT molecular complexity index is 616. The van der Waals surface area contributed by atoms with Crippen molar-refractivity contribution in [3.8, 4) is 0 Å². The first-order valence-corrected chi connectivity index (χ1v) is 7.47. The van der Waals surface area contributed by atoms with Gasteiger partial charge in [0.2, 0.25) is 12.6 Å². The first kappa shape index (κ1) is 16.2. The van der Waals surface area contributed by atoms with Crippen LogP contribution in [0.15, 0.2) is 60.7 Å². The summed E-state index contributed by atoms with van der Waals surface area (Å²) in [6.45, 7) is -0.0172.